The molecule has 0 spiro atoms. The molecule has 2 aromatic carbocycles. The molecule has 0 nitrogen and oxygen atoms in total. The Balaban J connectivity index is 0.00000162. The van der Waals surface area contributed by atoms with Gasteiger partial charge in [0.1, 0.15) is 0 Å². The van der Waals surface area contributed by atoms with E-state index in [9.17, 15) is 0 Å². The Bertz CT molecular complexity index is 485. The smallest absolute Gasteiger partial charge is 0.171 e. The average molecular weight is 334 g/mol. The fourth-order valence-corrected chi connectivity index (χ4v) is 2.22. The average Bonchev–Trinajstić information content (AvgIpc) is 2.35. The molecule has 0 radical (unpaired) electrons. The van der Waals surface area contributed by atoms with Gasteiger partial charge < -0.3 is 0 Å². The first kappa shape index (κ1) is 15.9. The number of rotatable bonds is 2. The zero-order chi connectivity index (χ0) is 12.3. The van der Waals surface area contributed by atoms with Crippen LogP contribution in [0.2, 0.25) is 10.0 Å². The predicted molar refractivity (Wildman–Crippen MR) is 77.6 cm³/mol. The van der Waals surface area contributed by atoms with E-state index in [0.717, 1.165) is 26.7 Å². The molecule has 0 bridgehead atoms. The van der Waals surface area contributed by atoms with Crippen LogP contribution in [0.15, 0.2) is 48.5 Å². The molecule has 0 heterocycles. The van der Waals surface area contributed by atoms with Crippen molar-refractivity contribution in [2.24, 2.45) is 0 Å². The second-order valence-electron chi connectivity index (χ2n) is 3.48. The molecule has 0 aliphatic rings. The van der Waals surface area contributed by atoms with Gasteiger partial charge in [0, 0.05) is 10.0 Å². The van der Waals surface area contributed by atoms with E-state index in [0.29, 0.717) is 0 Å². The fourth-order valence-electron chi connectivity index (χ4n) is 1.51. The van der Waals surface area contributed by atoms with Crippen molar-refractivity contribution in [2.75, 3.05) is 0 Å². The first-order valence-corrected chi connectivity index (χ1v) is 6.51. The van der Waals surface area contributed by atoms with Crippen LogP contribution in [0.3, 0.4) is 0 Å². The van der Waals surface area contributed by atoms with Gasteiger partial charge >= 0.3 is 18.9 Å². The molecule has 0 saturated heterocycles. The Morgan fingerprint density at radius 2 is 1.11 bits per heavy atom. The Morgan fingerprint density at radius 1 is 0.778 bits per heavy atom. The zero-order valence-corrected chi connectivity index (χ0v) is 12.9. The van der Waals surface area contributed by atoms with Crippen molar-refractivity contribution >= 4 is 44.7 Å². The number of hydrogen-bond donors (Lipinski definition) is 0. The fraction of sp³-hybridized carbons (Fsp3) is 0. The van der Waals surface area contributed by atoms with Crippen molar-refractivity contribution in [3.8, 4) is 0 Å². The van der Waals surface area contributed by atoms with E-state index in [-0.39, 0.29) is 18.9 Å². The standard InChI is InChI=1S/C14H8BrCl2.Li/c15-9-14(10-1-5-12(16)6-2-10)11-3-7-13(17)8-4-11;/h1-8H;/q-1;+1. The van der Waals surface area contributed by atoms with E-state index in [2.05, 4.69) is 20.9 Å². The van der Waals surface area contributed by atoms with Gasteiger partial charge in [0.05, 0.1) is 0 Å². The molecule has 0 fully saturated rings. The summed E-state index contributed by atoms with van der Waals surface area (Å²) in [5, 5.41) is 1.44. The Kier molecular flexibility index (Phi) is 6.56. The normalized spacial score (nSPS) is 9.50. The monoisotopic (exact) mass is 332 g/mol. The Morgan fingerprint density at radius 3 is 1.39 bits per heavy atom. The molecule has 0 aliphatic heterocycles. The summed E-state index contributed by atoms with van der Waals surface area (Å²) in [6.07, 6.45) is 0. The van der Waals surface area contributed by atoms with Crippen LogP contribution in [0, 0.1) is 4.99 Å². The van der Waals surface area contributed by atoms with Crippen molar-refractivity contribution < 1.29 is 18.9 Å². The van der Waals surface area contributed by atoms with E-state index < -0.39 is 0 Å². The van der Waals surface area contributed by atoms with E-state index in [4.69, 9.17) is 23.2 Å². The summed E-state index contributed by atoms with van der Waals surface area (Å²) in [4.78, 5) is 3.02. The number of benzene rings is 2. The number of hydrogen-bond acceptors (Lipinski definition) is 0. The molecule has 0 amide bonds. The molecular weight excluding hydrogens is 326 g/mol. The van der Waals surface area contributed by atoms with Gasteiger partial charge in [-0.05, 0) is 0 Å². The van der Waals surface area contributed by atoms with Gasteiger partial charge in [-0.3, -0.25) is 0 Å². The van der Waals surface area contributed by atoms with Gasteiger partial charge in [-0.2, -0.15) is 5.57 Å². The van der Waals surface area contributed by atoms with Crippen LogP contribution in [0.25, 0.3) is 5.57 Å². The van der Waals surface area contributed by atoms with E-state index >= 15 is 0 Å². The maximum atomic E-state index is 5.87. The van der Waals surface area contributed by atoms with Gasteiger partial charge in [0.2, 0.25) is 0 Å². The Labute approximate surface area is 137 Å². The molecule has 86 valence electrons. The second kappa shape index (κ2) is 7.43. The maximum absolute atomic E-state index is 5.87. The van der Waals surface area contributed by atoms with Crippen LogP contribution in [0.4, 0.5) is 0 Å². The van der Waals surface area contributed by atoms with Gasteiger partial charge in [0.15, 0.2) is 0 Å². The second-order valence-corrected chi connectivity index (χ2v) is 4.75. The van der Waals surface area contributed by atoms with Gasteiger partial charge in [-0.25, -0.2) is 0 Å². The zero-order valence-electron chi connectivity index (χ0n) is 9.75. The summed E-state index contributed by atoms with van der Waals surface area (Å²) in [6, 6.07) is 15.3. The summed E-state index contributed by atoms with van der Waals surface area (Å²) < 4.78 is 0. The summed E-state index contributed by atoms with van der Waals surface area (Å²) in [7, 11) is 0. The van der Waals surface area contributed by atoms with Crippen LogP contribution < -0.4 is 18.9 Å². The van der Waals surface area contributed by atoms with Crippen LogP contribution in [0.1, 0.15) is 11.1 Å². The molecule has 0 atom stereocenters. The third-order valence-corrected chi connectivity index (χ3v) is 3.26. The molecule has 4 heteroatoms. The summed E-state index contributed by atoms with van der Waals surface area (Å²) in [5.41, 5.74) is 3.07. The van der Waals surface area contributed by atoms with Crippen LogP contribution in [-0.4, -0.2) is 0 Å². The summed E-state index contributed by atoms with van der Waals surface area (Å²) >= 11 is 15.0. The molecule has 2 aromatic rings. The quantitative estimate of drug-likeness (QED) is 0.585. The van der Waals surface area contributed by atoms with Crippen molar-refractivity contribution in [3.63, 3.8) is 0 Å². The van der Waals surface area contributed by atoms with Gasteiger partial charge in [0.25, 0.3) is 0 Å². The predicted octanol–water partition coefficient (Wildman–Crippen LogP) is 2.58. The first-order chi connectivity index (χ1) is 8.20. The largest absolute Gasteiger partial charge is 1.00 e. The maximum Gasteiger partial charge on any atom is 1.00 e. The van der Waals surface area contributed by atoms with Crippen molar-refractivity contribution in [3.05, 3.63) is 74.7 Å². The minimum absolute atomic E-state index is 0. The molecular formula is C14H8BrCl2Li. The van der Waals surface area contributed by atoms with Gasteiger partial charge in [-0.15, -0.1) is 56.3 Å². The summed E-state index contributed by atoms with van der Waals surface area (Å²) in [6.45, 7) is 0. The molecule has 18 heavy (non-hydrogen) atoms. The third kappa shape index (κ3) is 3.92. The molecule has 0 aromatic heterocycles. The van der Waals surface area contributed by atoms with E-state index in [1.54, 1.807) is 0 Å². The van der Waals surface area contributed by atoms with Crippen LogP contribution in [0.5, 0.6) is 0 Å². The van der Waals surface area contributed by atoms with Crippen molar-refractivity contribution in [1.82, 2.24) is 0 Å². The first-order valence-electron chi connectivity index (χ1n) is 4.96. The van der Waals surface area contributed by atoms with Crippen molar-refractivity contribution in [2.45, 2.75) is 0 Å². The summed E-state index contributed by atoms with van der Waals surface area (Å²) in [5.74, 6) is 0. The molecule has 0 unspecified atom stereocenters. The Hall–Kier alpha value is -0.163. The van der Waals surface area contributed by atoms with E-state index in [1.165, 1.54) is 0 Å². The third-order valence-electron chi connectivity index (χ3n) is 2.36. The molecule has 0 aliphatic carbocycles. The van der Waals surface area contributed by atoms with Crippen LogP contribution >= 0.6 is 39.1 Å². The molecule has 0 N–H and O–H groups in total. The SMILES string of the molecule is Clc1ccc(C(=[C-]Br)c2ccc(Cl)cc2)cc1.[Li+]. The molecule has 0 saturated carbocycles. The number of halogens is 3. The van der Waals surface area contributed by atoms with Crippen LogP contribution in [-0.2, 0) is 0 Å². The topological polar surface area (TPSA) is 0 Å². The van der Waals surface area contributed by atoms with Gasteiger partial charge in [-0.1, -0.05) is 47.5 Å². The molecule has 2 rings (SSSR count). The minimum Gasteiger partial charge on any atom is -0.171 e. The van der Waals surface area contributed by atoms with E-state index in [1.807, 2.05) is 48.5 Å². The minimum atomic E-state index is 0. The van der Waals surface area contributed by atoms with Crippen molar-refractivity contribution in [1.29, 1.82) is 0 Å².